The van der Waals surface area contributed by atoms with Crippen molar-refractivity contribution in [2.24, 2.45) is 0 Å². The smallest absolute Gasteiger partial charge is 0.203 e. The lowest BCUT2D eigenvalue weighted by Crippen LogP contribution is -1.99. The first-order chi connectivity index (χ1) is 10.7. The number of benzene rings is 1. The topological polar surface area (TPSA) is 58.4 Å². The summed E-state index contributed by atoms with van der Waals surface area (Å²) in [5.74, 6) is 1.73. The van der Waals surface area contributed by atoms with Gasteiger partial charge in [0.1, 0.15) is 11.8 Å². The van der Waals surface area contributed by atoms with Gasteiger partial charge in [0.25, 0.3) is 0 Å². The number of rotatable bonds is 4. The van der Waals surface area contributed by atoms with E-state index in [1.165, 1.54) is 0 Å². The van der Waals surface area contributed by atoms with Gasteiger partial charge in [-0.15, -0.1) is 0 Å². The third-order valence-corrected chi connectivity index (χ3v) is 3.91. The molecule has 6 nitrogen and oxygen atoms in total. The fraction of sp³-hybridized carbons (Fsp3) is 0.200. The number of pyridine rings is 1. The molecule has 1 aromatic carbocycles. The number of hydrogen-bond acceptors (Lipinski definition) is 5. The lowest BCUT2D eigenvalue weighted by atomic mass is 10.2. The van der Waals surface area contributed by atoms with Gasteiger partial charge in [-0.25, -0.2) is 4.98 Å². The van der Waals surface area contributed by atoms with E-state index < -0.39 is 0 Å². The quantitative estimate of drug-likeness (QED) is 0.712. The maximum absolute atomic E-state index is 5.40. The second kappa shape index (κ2) is 5.84. The molecule has 2 aromatic heterocycles. The second-order valence-corrected chi connectivity index (χ2v) is 5.34. The standard InChI is InChI=1S/C15H14BrN3O3/c1-20-12-4-9(5-13(21-2)15(12)22-3)19-8-18-11-7-17-6-10(16)14(11)19/h4-8H,1-3H3. The van der Waals surface area contributed by atoms with Crippen molar-refractivity contribution in [3.8, 4) is 22.9 Å². The molecule has 0 unspecified atom stereocenters. The van der Waals surface area contributed by atoms with Crippen molar-refractivity contribution >= 4 is 27.0 Å². The molecule has 3 rings (SSSR count). The minimum atomic E-state index is 0.555. The summed E-state index contributed by atoms with van der Waals surface area (Å²) in [6.45, 7) is 0. The number of methoxy groups -OCH3 is 3. The molecule has 0 radical (unpaired) electrons. The Bertz CT molecular complexity index is 807. The molecule has 7 heteroatoms. The van der Waals surface area contributed by atoms with E-state index in [1.807, 2.05) is 16.7 Å². The van der Waals surface area contributed by atoms with Gasteiger partial charge in [-0.1, -0.05) is 0 Å². The van der Waals surface area contributed by atoms with Gasteiger partial charge in [-0.05, 0) is 15.9 Å². The summed E-state index contributed by atoms with van der Waals surface area (Å²) >= 11 is 3.51. The molecule has 0 amide bonds. The predicted octanol–water partition coefficient (Wildman–Crippen LogP) is 3.21. The van der Waals surface area contributed by atoms with Crippen LogP contribution in [-0.2, 0) is 0 Å². The number of hydrogen-bond donors (Lipinski definition) is 0. The molecule has 0 aliphatic rings. The Morgan fingerprint density at radius 2 is 1.68 bits per heavy atom. The Balaban J connectivity index is 2.27. The predicted molar refractivity (Wildman–Crippen MR) is 86.2 cm³/mol. The van der Waals surface area contributed by atoms with Gasteiger partial charge in [0.2, 0.25) is 5.75 Å². The molecule has 114 valence electrons. The summed E-state index contributed by atoms with van der Waals surface area (Å²) in [6, 6.07) is 3.74. The first-order valence-electron chi connectivity index (χ1n) is 6.46. The summed E-state index contributed by atoms with van der Waals surface area (Å²) in [4.78, 5) is 8.49. The molecule has 3 aromatic rings. The Hall–Kier alpha value is -2.28. The molecule has 22 heavy (non-hydrogen) atoms. The zero-order valence-electron chi connectivity index (χ0n) is 12.3. The Kier molecular flexibility index (Phi) is 3.89. The highest BCUT2D eigenvalue weighted by atomic mass is 79.9. The molecule has 0 aliphatic heterocycles. The van der Waals surface area contributed by atoms with E-state index in [1.54, 1.807) is 40.1 Å². The Morgan fingerprint density at radius 3 is 2.27 bits per heavy atom. The largest absolute Gasteiger partial charge is 0.493 e. The van der Waals surface area contributed by atoms with E-state index in [-0.39, 0.29) is 0 Å². The zero-order valence-corrected chi connectivity index (χ0v) is 13.9. The molecule has 0 spiro atoms. The van der Waals surface area contributed by atoms with Crippen molar-refractivity contribution in [3.63, 3.8) is 0 Å². The van der Waals surface area contributed by atoms with Crippen LogP contribution in [0.15, 0.2) is 35.3 Å². The van der Waals surface area contributed by atoms with Crippen LogP contribution < -0.4 is 14.2 Å². The van der Waals surface area contributed by atoms with Gasteiger partial charge in [-0.3, -0.25) is 9.55 Å². The van der Waals surface area contributed by atoms with Crippen LogP contribution in [0.3, 0.4) is 0 Å². The lowest BCUT2D eigenvalue weighted by Gasteiger charge is -2.15. The fourth-order valence-corrected chi connectivity index (χ4v) is 2.84. The third-order valence-electron chi connectivity index (χ3n) is 3.33. The van der Waals surface area contributed by atoms with Gasteiger partial charge in [0.05, 0.1) is 43.2 Å². The summed E-state index contributed by atoms with van der Waals surface area (Å²) in [6.07, 6.45) is 5.19. The van der Waals surface area contributed by atoms with E-state index in [9.17, 15) is 0 Å². The minimum Gasteiger partial charge on any atom is -0.493 e. The van der Waals surface area contributed by atoms with Crippen LogP contribution in [0.25, 0.3) is 16.7 Å². The molecule has 0 atom stereocenters. The van der Waals surface area contributed by atoms with E-state index >= 15 is 0 Å². The molecule has 0 saturated carbocycles. The van der Waals surface area contributed by atoms with Crippen LogP contribution in [0.5, 0.6) is 17.2 Å². The van der Waals surface area contributed by atoms with Gasteiger partial charge < -0.3 is 14.2 Å². The van der Waals surface area contributed by atoms with Gasteiger partial charge in [-0.2, -0.15) is 0 Å². The summed E-state index contributed by atoms with van der Waals surface area (Å²) in [5, 5.41) is 0. The number of halogens is 1. The van der Waals surface area contributed by atoms with E-state index in [2.05, 4.69) is 25.9 Å². The second-order valence-electron chi connectivity index (χ2n) is 4.49. The zero-order chi connectivity index (χ0) is 15.7. The molecular formula is C15H14BrN3O3. The first kappa shape index (κ1) is 14.6. The van der Waals surface area contributed by atoms with E-state index in [0.717, 1.165) is 21.2 Å². The summed E-state index contributed by atoms with van der Waals surface area (Å²) in [7, 11) is 4.76. The summed E-state index contributed by atoms with van der Waals surface area (Å²) < 4.78 is 18.9. The maximum atomic E-state index is 5.40. The molecule has 0 aliphatic carbocycles. The number of ether oxygens (including phenoxy) is 3. The van der Waals surface area contributed by atoms with Crippen molar-refractivity contribution in [2.45, 2.75) is 0 Å². The lowest BCUT2D eigenvalue weighted by molar-refractivity contribution is 0.324. The third kappa shape index (κ3) is 2.27. The van der Waals surface area contributed by atoms with Gasteiger partial charge >= 0.3 is 0 Å². The number of aromatic nitrogens is 3. The molecular weight excluding hydrogens is 350 g/mol. The van der Waals surface area contributed by atoms with Crippen LogP contribution in [0.1, 0.15) is 0 Å². The van der Waals surface area contributed by atoms with Gasteiger partial charge in [0.15, 0.2) is 11.5 Å². The van der Waals surface area contributed by atoms with Crippen molar-refractivity contribution < 1.29 is 14.2 Å². The van der Waals surface area contributed by atoms with Crippen LogP contribution >= 0.6 is 15.9 Å². The van der Waals surface area contributed by atoms with E-state index in [4.69, 9.17) is 14.2 Å². The Morgan fingerprint density at radius 1 is 1.00 bits per heavy atom. The number of nitrogens with zero attached hydrogens (tertiary/aromatic N) is 3. The monoisotopic (exact) mass is 363 g/mol. The van der Waals surface area contributed by atoms with Crippen LogP contribution in [0.2, 0.25) is 0 Å². The average Bonchev–Trinajstić information content (AvgIpc) is 2.98. The number of fused-ring (bicyclic) bond motifs is 1. The molecule has 0 saturated heterocycles. The maximum Gasteiger partial charge on any atom is 0.203 e. The van der Waals surface area contributed by atoms with Crippen molar-refractivity contribution in [3.05, 3.63) is 35.3 Å². The van der Waals surface area contributed by atoms with E-state index in [0.29, 0.717) is 17.2 Å². The highest BCUT2D eigenvalue weighted by molar-refractivity contribution is 9.10. The normalized spacial score (nSPS) is 10.7. The molecule has 2 heterocycles. The first-order valence-corrected chi connectivity index (χ1v) is 7.25. The van der Waals surface area contributed by atoms with Crippen molar-refractivity contribution in [1.29, 1.82) is 0 Å². The highest BCUT2D eigenvalue weighted by Gasteiger charge is 2.16. The van der Waals surface area contributed by atoms with Crippen LogP contribution in [0, 0.1) is 0 Å². The van der Waals surface area contributed by atoms with Crippen LogP contribution in [0.4, 0.5) is 0 Å². The molecule has 0 N–H and O–H groups in total. The van der Waals surface area contributed by atoms with Crippen molar-refractivity contribution in [2.75, 3.05) is 21.3 Å². The average molecular weight is 364 g/mol. The molecule has 0 fully saturated rings. The SMILES string of the molecule is COc1cc(-n2cnc3cncc(Br)c32)cc(OC)c1OC. The summed E-state index contributed by atoms with van der Waals surface area (Å²) in [5.41, 5.74) is 2.57. The minimum absolute atomic E-state index is 0.555. The Labute approximate surface area is 135 Å². The van der Waals surface area contributed by atoms with Gasteiger partial charge in [0, 0.05) is 18.3 Å². The van der Waals surface area contributed by atoms with Crippen molar-refractivity contribution in [1.82, 2.24) is 14.5 Å². The molecule has 0 bridgehead atoms. The number of imidazole rings is 1. The highest BCUT2D eigenvalue weighted by Crippen LogP contribution is 2.40. The fourth-order valence-electron chi connectivity index (χ4n) is 2.33. The van der Waals surface area contributed by atoms with Crippen LogP contribution in [-0.4, -0.2) is 35.9 Å².